The molecule has 0 saturated carbocycles. The summed E-state index contributed by atoms with van der Waals surface area (Å²) < 4.78 is 0.733. The van der Waals surface area contributed by atoms with Gasteiger partial charge in [0.15, 0.2) is 0 Å². The molecule has 23 heavy (non-hydrogen) atoms. The summed E-state index contributed by atoms with van der Waals surface area (Å²) in [4.78, 5) is 39.9. The number of nitrogens with zero attached hydrogens (tertiary/aromatic N) is 2. The number of halogens is 2. The highest BCUT2D eigenvalue weighted by molar-refractivity contribution is 9.10. The second kappa shape index (κ2) is 6.98. The zero-order valence-electron chi connectivity index (χ0n) is 12.5. The van der Waals surface area contributed by atoms with Crippen molar-refractivity contribution in [2.75, 3.05) is 26.2 Å². The molecular formula is C15H17BrClN3O3. The number of carbonyl (C=O) groups excluding carboxylic acids is 3. The highest BCUT2D eigenvalue weighted by atomic mass is 79.9. The van der Waals surface area contributed by atoms with Gasteiger partial charge in [-0.3, -0.25) is 19.3 Å². The lowest BCUT2D eigenvalue weighted by Crippen LogP contribution is -2.55. The predicted molar refractivity (Wildman–Crippen MR) is 90.8 cm³/mol. The summed E-state index contributed by atoms with van der Waals surface area (Å²) in [5.74, 6) is -0.997. The quantitative estimate of drug-likeness (QED) is 0.757. The molecule has 3 rings (SSSR count). The van der Waals surface area contributed by atoms with Gasteiger partial charge >= 0.3 is 0 Å². The molecule has 8 heteroatoms. The van der Waals surface area contributed by atoms with Crippen molar-refractivity contribution < 1.29 is 14.4 Å². The third-order valence-corrected chi connectivity index (χ3v) is 4.54. The number of nitrogens with one attached hydrogen (secondary N) is 1. The highest BCUT2D eigenvalue weighted by Gasteiger charge is 2.38. The van der Waals surface area contributed by atoms with Gasteiger partial charge in [-0.2, -0.15) is 0 Å². The van der Waals surface area contributed by atoms with Gasteiger partial charge in [0.2, 0.25) is 5.91 Å². The summed E-state index contributed by atoms with van der Waals surface area (Å²) in [7, 11) is 0. The van der Waals surface area contributed by atoms with Gasteiger partial charge in [-0.05, 0) is 25.1 Å². The van der Waals surface area contributed by atoms with Gasteiger partial charge in [0, 0.05) is 30.1 Å². The molecule has 6 nitrogen and oxygen atoms in total. The molecule has 2 aliphatic rings. The number of benzene rings is 1. The van der Waals surface area contributed by atoms with E-state index in [1.807, 2.05) is 6.92 Å². The molecule has 2 aliphatic heterocycles. The van der Waals surface area contributed by atoms with Crippen LogP contribution in [0.2, 0.25) is 0 Å². The minimum absolute atomic E-state index is 0. The SMILES string of the molecule is C[C@@H]1CNCCN1C(=O)CN1C(=O)c2ccc(Br)cc2C1=O.Cl. The number of hydrogen-bond donors (Lipinski definition) is 1. The maximum Gasteiger partial charge on any atom is 0.262 e. The maximum absolute atomic E-state index is 12.4. The smallest absolute Gasteiger partial charge is 0.262 e. The molecule has 0 bridgehead atoms. The van der Waals surface area contributed by atoms with Crippen LogP contribution in [0.5, 0.6) is 0 Å². The topological polar surface area (TPSA) is 69.7 Å². The van der Waals surface area contributed by atoms with Crippen LogP contribution in [0.4, 0.5) is 0 Å². The van der Waals surface area contributed by atoms with Gasteiger partial charge in [-0.15, -0.1) is 12.4 Å². The van der Waals surface area contributed by atoms with Gasteiger partial charge in [0.05, 0.1) is 11.1 Å². The highest BCUT2D eigenvalue weighted by Crippen LogP contribution is 2.26. The minimum Gasteiger partial charge on any atom is -0.336 e. The van der Waals surface area contributed by atoms with Crippen LogP contribution in [-0.4, -0.2) is 59.7 Å². The second-order valence-electron chi connectivity index (χ2n) is 5.53. The Labute approximate surface area is 148 Å². The van der Waals surface area contributed by atoms with E-state index in [0.717, 1.165) is 22.5 Å². The number of amides is 3. The monoisotopic (exact) mass is 401 g/mol. The van der Waals surface area contributed by atoms with Gasteiger partial charge in [-0.25, -0.2) is 0 Å². The molecule has 1 fully saturated rings. The van der Waals surface area contributed by atoms with Crippen LogP contribution >= 0.6 is 28.3 Å². The molecule has 0 spiro atoms. The van der Waals surface area contributed by atoms with E-state index in [2.05, 4.69) is 21.2 Å². The number of fused-ring (bicyclic) bond motifs is 1. The third-order valence-electron chi connectivity index (χ3n) is 4.05. The van der Waals surface area contributed by atoms with E-state index in [1.54, 1.807) is 23.1 Å². The Morgan fingerprint density at radius 1 is 1.30 bits per heavy atom. The number of piperazine rings is 1. The number of imide groups is 1. The Hall–Kier alpha value is -1.44. The Morgan fingerprint density at radius 2 is 2.00 bits per heavy atom. The molecule has 1 saturated heterocycles. The summed E-state index contributed by atoms with van der Waals surface area (Å²) in [5.41, 5.74) is 0.704. The van der Waals surface area contributed by atoms with Crippen LogP contribution in [0.3, 0.4) is 0 Å². The first-order valence-electron chi connectivity index (χ1n) is 7.15. The van der Waals surface area contributed by atoms with Crippen molar-refractivity contribution in [3.63, 3.8) is 0 Å². The fourth-order valence-electron chi connectivity index (χ4n) is 2.84. The van der Waals surface area contributed by atoms with E-state index in [-0.39, 0.29) is 30.9 Å². The van der Waals surface area contributed by atoms with Gasteiger partial charge in [-0.1, -0.05) is 15.9 Å². The van der Waals surface area contributed by atoms with E-state index in [9.17, 15) is 14.4 Å². The van der Waals surface area contributed by atoms with E-state index in [0.29, 0.717) is 17.7 Å². The summed E-state index contributed by atoms with van der Waals surface area (Å²) in [6.07, 6.45) is 0. The summed E-state index contributed by atoms with van der Waals surface area (Å²) in [6.45, 7) is 3.79. The van der Waals surface area contributed by atoms with Gasteiger partial charge in [0.1, 0.15) is 6.54 Å². The van der Waals surface area contributed by atoms with Crippen LogP contribution in [0.1, 0.15) is 27.6 Å². The molecule has 0 aliphatic carbocycles. The largest absolute Gasteiger partial charge is 0.336 e. The van der Waals surface area contributed by atoms with Crippen LogP contribution in [0.15, 0.2) is 22.7 Å². The molecule has 1 aromatic carbocycles. The summed E-state index contributed by atoms with van der Waals surface area (Å²) in [5, 5.41) is 3.20. The normalized spacial score (nSPS) is 20.3. The zero-order valence-corrected chi connectivity index (χ0v) is 14.9. The molecule has 0 radical (unpaired) electrons. The van der Waals surface area contributed by atoms with Crippen LogP contribution in [-0.2, 0) is 4.79 Å². The van der Waals surface area contributed by atoms with Crippen molar-refractivity contribution in [2.45, 2.75) is 13.0 Å². The number of rotatable bonds is 2. The molecule has 0 unspecified atom stereocenters. The van der Waals surface area contributed by atoms with Gasteiger partial charge in [0.25, 0.3) is 11.8 Å². The van der Waals surface area contributed by atoms with Crippen LogP contribution < -0.4 is 5.32 Å². The van der Waals surface area contributed by atoms with Crippen molar-refractivity contribution in [1.82, 2.24) is 15.1 Å². The molecule has 1 N–H and O–H groups in total. The lowest BCUT2D eigenvalue weighted by molar-refractivity contribution is -0.134. The molecular weight excluding hydrogens is 386 g/mol. The number of carbonyl (C=O) groups is 3. The molecule has 1 atom stereocenters. The van der Waals surface area contributed by atoms with Crippen molar-refractivity contribution >= 4 is 46.1 Å². The van der Waals surface area contributed by atoms with E-state index in [4.69, 9.17) is 0 Å². The molecule has 1 aromatic rings. The lowest BCUT2D eigenvalue weighted by Gasteiger charge is -2.34. The first kappa shape index (κ1) is 17.9. The maximum atomic E-state index is 12.4. The van der Waals surface area contributed by atoms with Crippen LogP contribution in [0.25, 0.3) is 0 Å². The Balaban J connectivity index is 0.00000192. The molecule has 2 heterocycles. The van der Waals surface area contributed by atoms with E-state index in [1.165, 1.54) is 0 Å². The first-order chi connectivity index (χ1) is 10.5. The van der Waals surface area contributed by atoms with Crippen LogP contribution in [0, 0.1) is 0 Å². The zero-order chi connectivity index (χ0) is 15.9. The average Bonchev–Trinajstić information content (AvgIpc) is 2.72. The fraction of sp³-hybridized carbons (Fsp3) is 0.400. The Bertz CT molecular complexity index is 667. The molecule has 124 valence electrons. The molecule has 0 aromatic heterocycles. The lowest BCUT2D eigenvalue weighted by atomic mass is 10.1. The fourth-order valence-corrected chi connectivity index (χ4v) is 3.21. The second-order valence-corrected chi connectivity index (χ2v) is 6.44. The summed E-state index contributed by atoms with van der Waals surface area (Å²) >= 11 is 3.29. The predicted octanol–water partition coefficient (Wildman–Crippen LogP) is 1.29. The average molecular weight is 403 g/mol. The molecule has 3 amide bonds. The van der Waals surface area contributed by atoms with Crippen molar-refractivity contribution in [1.29, 1.82) is 0 Å². The standard InChI is InChI=1S/C15H16BrN3O3.ClH/c1-9-7-17-4-5-18(9)13(20)8-19-14(21)11-3-2-10(16)6-12(11)15(19)22;/h2-3,6,9,17H,4-5,7-8H2,1H3;1H/t9-;/m1./s1. The van der Waals surface area contributed by atoms with Crippen molar-refractivity contribution in [3.05, 3.63) is 33.8 Å². The summed E-state index contributed by atoms with van der Waals surface area (Å²) in [6, 6.07) is 5.00. The van der Waals surface area contributed by atoms with E-state index >= 15 is 0 Å². The Kier molecular flexibility index (Phi) is 5.44. The third kappa shape index (κ3) is 3.27. The number of hydrogen-bond acceptors (Lipinski definition) is 4. The van der Waals surface area contributed by atoms with Crippen molar-refractivity contribution in [3.8, 4) is 0 Å². The van der Waals surface area contributed by atoms with Gasteiger partial charge < -0.3 is 10.2 Å². The first-order valence-corrected chi connectivity index (χ1v) is 7.94. The van der Waals surface area contributed by atoms with Crippen molar-refractivity contribution in [2.24, 2.45) is 0 Å². The van der Waals surface area contributed by atoms with E-state index < -0.39 is 11.8 Å². The minimum atomic E-state index is -0.405. The Morgan fingerprint density at radius 3 is 2.70 bits per heavy atom.